The number of ether oxygens (including phenoxy) is 2. The third kappa shape index (κ3) is 4.18. The van der Waals surface area contributed by atoms with E-state index >= 15 is 0 Å². The third-order valence-electron chi connectivity index (χ3n) is 5.39. The van der Waals surface area contributed by atoms with Gasteiger partial charge in [0.15, 0.2) is 11.5 Å². The molecule has 0 atom stereocenters. The minimum Gasteiger partial charge on any atom is -0.493 e. The molecule has 4 heteroatoms. The van der Waals surface area contributed by atoms with Crippen molar-refractivity contribution < 1.29 is 9.47 Å². The molecule has 3 rings (SSSR count). The Morgan fingerprint density at radius 2 is 1.69 bits per heavy atom. The second kappa shape index (κ2) is 8.54. The van der Waals surface area contributed by atoms with Crippen molar-refractivity contribution in [1.29, 1.82) is 0 Å². The van der Waals surface area contributed by atoms with E-state index in [2.05, 4.69) is 41.7 Å². The van der Waals surface area contributed by atoms with Gasteiger partial charge in [-0.1, -0.05) is 61.5 Å². The van der Waals surface area contributed by atoms with E-state index in [1.54, 1.807) is 14.2 Å². The Morgan fingerprint density at radius 1 is 1.00 bits per heavy atom. The molecule has 1 aliphatic carbocycles. The molecule has 1 saturated carbocycles. The fraction of sp³-hybridized carbons (Fsp3) is 0.409. The maximum atomic E-state index is 5.60. The summed E-state index contributed by atoms with van der Waals surface area (Å²) in [5, 5.41) is 3.54. The van der Waals surface area contributed by atoms with Crippen LogP contribution in [0, 0.1) is 0 Å². The maximum absolute atomic E-state index is 5.60. The van der Waals surface area contributed by atoms with Crippen molar-refractivity contribution >= 4 is 17.2 Å². The number of hydrogen-bond donors (Lipinski definition) is 1. The SMILES string of the molecule is COc1ccc(C2(CNC(=S)Cc3ccccc3)CCCC2)cc1OC. The molecule has 2 aromatic rings. The quantitative estimate of drug-likeness (QED) is 0.718. The number of benzene rings is 2. The normalized spacial score (nSPS) is 15.5. The molecule has 0 radical (unpaired) electrons. The molecule has 0 bridgehead atoms. The molecular formula is C22H27NO2S. The van der Waals surface area contributed by atoms with Gasteiger partial charge in [0, 0.05) is 18.4 Å². The average molecular weight is 370 g/mol. The number of nitrogens with one attached hydrogen (secondary N) is 1. The Kier molecular flexibility index (Phi) is 6.15. The van der Waals surface area contributed by atoms with E-state index in [4.69, 9.17) is 21.7 Å². The molecule has 26 heavy (non-hydrogen) atoms. The second-order valence-corrected chi connectivity index (χ2v) is 7.49. The zero-order valence-corrected chi connectivity index (χ0v) is 16.4. The second-order valence-electron chi connectivity index (χ2n) is 7.00. The Balaban J connectivity index is 1.73. The van der Waals surface area contributed by atoms with E-state index in [1.807, 2.05) is 12.1 Å². The highest BCUT2D eigenvalue weighted by atomic mass is 32.1. The van der Waals surface area contributed by atoms with Crippen molar-refractivity contribution in [2.75, 3.05) is 20.8 Å². The summed E-state index contributed by atoms with van der Waals surface area (Å²) < 4.78 is 10.9. The fourth-order valence-corrected chi connectivity index (χ4v) is 4.14. The van der Waals surface area contributed by atoms with Crippen LogP contribution in [0.4, 0.5) is 0 Å². The molecule has 0 spiro atoms. The van der Waals surface area contributed by atoms with Gasteiger partial charge in [0.2, 0.25) is 0 Å². The standard InChI is InChI=1S/C22H27NO2S/c1-24-19-11-10-18(15-20(19)25-2)22(12-6-7-13-22)16-23-21(26)14-17-8-4-3-5-9-17/h3-5,8-11,15H,6-7,12-14,16H2,1-2H3,(H,23,26). The van der Waals surface area contributed by atoms with Crippen LogP contribution in [-0.2, 0) is 11.8 Å². The van der Waals surface area contributed by atoms with Crippen LogP contribution in [0.5, 0.6) is 11.5 Å². The minimum atomic E-state index is 0.111. The first-order valence-electron chi connectivity index (χ1n) is 9.20. The van der Waals surface area contributed by atoms with Crippen LogP contribution in [0.25, 0.3) is 0 Å². The molecule has 0 amide bonds. The zero-order chi connectivity index (χ0) is 18.4. The van der Waals surface area contributed by atoms with Gasteiger partial charge in [-0.15, -0.1) is 0 Å². The molecule has 0 aromatic heterocycles. The lowest BCUT2D eigenvalue weighted by atomic mass is 9.78. The van der Waals surface area contributed by atoms with Crippen LogP contribution >= 0.6 is 12.2 Å². The highest BCUT2D eigenvalue weighted by Crippen LogP contribution is 2.43. The molecule has 1 fully saturated rings. The Bertz CT molecular complexity index is 739. The summed E-state index contributed by atoms with van der Waals surface area (Å²) in [5.41, 5.74) is 2.67. The Labute approximate surface area is 161 Å². The van der Waals surface area contributed by atoms with E-state index in [0.717, 1.165) is 29.5 Å². The Hall–Kier alpha value is -2.07. The van der Waals surface area contributed by atoms with Gasteiger partial charge in [0.1, 0.15) is 0 Å². The lowest BCUT2D eigenvalue weighted by Gasteiger charge is -2.31. The lowest BCUT2D eigenvalue weighted by molar-refractivity contribution is 0.351. The van der Waals surface area contributed by atoms with Gasteiger partial charge in [-0.3, -0.25) is 0 Å². The summed E-state index contributed by atoms with van der Waals surface area (Å²) >= 11 is 5.60. The van der Waals surface area contributed by atoms with Crippen LogP contribution < -0.4 is 14.8 Å². The summed E-state index contributed by atoms with van der Waals surface area (Å²) in [7, 11) is 3.36. The van der Waals surface area contributed by atoms with E-state index < -0.39 is 0 Å². The number of thiocarbonyl (C=S) groups is 1. The highest BCUT2D eigenvalue weighted by molar-refractivity contribution is 7.80. The van der Waals surface area contributed by atoms with Crippen molar-refractivity contribution in [3.63, 3.8) is 0 Å². The lowest BCUT2D eigenvalue weighted by Crippen LogP contribution is -2.39. The summed E-state index contributed by atoms with van der Waals surface area (Å²) in [5.74, 6) is 1.57. The smallest absolute Gasteiger partial charge is 0.161 e. The Morgan fingerprint density at radius 3 is 2.35 bits per heavy atom. The van der Waals surface area contributed by atoms with Gasteiger partial charge in [-0.2, -0.15) is 0 Å². The summed E-state index contributed by atoms with van der Waals surface area (Å²) in [4.78, 5) is 0.906. The summed E-state index contributed by atoms with van der Waals surface area (Å²) in [6.07, 6.45) is 5.63. The van der Waals surface area contributed by atoms with Crippen LogP contribution in [0.1, 0.15) is 36.8 Å². The first kappa shape index (κ1) is 18.7. The molecule has 1 aliphatic rings. The van der Waals surface area contributed by atoms with Gasteiger partial charge >= 0.3 is 0 Å². The molecule has 1 N–H and O–H groups in total. The average Bonchev–Trinajstić information content (AvgIpc) is 3.17. The molecule has 0 heterocycles. The number of rotatable bonds is 7. The van der Waals surface area contributed by atoms with Crippen LogP contribution in [0.3, 0.4) is 0 Å². The van der Waals surface area contributed by atoms with Gasteiger partial charge < -0.3 is 14.8 Å². The van der Waals surface area contributed by atoms with E-state index in [0.29, 0.717) is 0 Å². The number of methoxy groups -OCH3 is 2. The molecule has 138 valence electrons. The minimum absolute atomic E-state index is 0.111. The van der Waals surface area contributed by atoms with Crippen molar-refractivity contribution in [3.8, 4) is 11.5 Å². The predicted molar refractivity (Wildman–Crippen MR) is 110 cm³/mol. The first-order chi connectivity index (χ1) is 12.7. The largest absolute Gasteiger partial charge is 0.493 e. The van der Waals surface area contributed by atoms with Crippen LogP contribution in [0.15, 0.2) is 48.5 Å². The van der Waals surface area contributed by atoms with E-state index in [-0.39, 0.29) is 5.41 Å². The molecular weight excluding hydrogens is 342 g/mol. The molecule has 2 aromatic carbocycles. The van der Waals surface area contributed by atoms with E-state index in [1.165, 1.54) is 36.8 Å². The zero-order valence-electron chi connectivity index (χ0n) is 15.6. The predicted octanol–water partition coefficient (Wildman–Crippen LogP) is 4.68. The van der Waals surface area contributed by atoms with Crippen molar-refractivity contribution in [2.24, 2.45) is 0 Å². The fourth-order valence-electron chi connectivity index (χ4n) is 3.90. The first-order valence-corrected chi connectivity index (χ1v) is 9.61. The number of hydrogen-bond acceptors (Lipinski definition) is 3. The van der Waals surface area contributed by atoms with Crippen molar-refractivity contribution in [1.82, 2.24) is 5.32 Å². The van der Waals surface area contributed by atoms with Crippen LogP contribution in [0.2, 0.25) is 0 Å². The van der Waals surface area contributed by atoms with E-state index in [9.17, 15) is 0 Å². The van der Waals surface area contributed by atoms with Crippen LogP contribution in [-0.4, -0.2) is 25.8 Å². The molecule has 0 aliphatic heterocycles. The molecule has 0 saturated heterocycles. The highest BCUT2D eigenvalue weighted by Gasteiger charge is 2.36. The third-order valence-corrected chi connectivity index (χ3v) is 5.68. The van der Waals surface area contributed by atoms with Gasteiger partial charge in [-0.25, -0.2) is 0 Å². The van der Waals surface area contributed by atoms with Gasteiger partial charge in [0.25, 0.3) is 0 Å². The van der Waals surface area contributed by atoms with Gasteiger partial charge in [-0.05, 0) is 36.1 Å². The molecule has 0 unspecified atom stereocenters. The van der Waals surface area contributed by atoms with Crippen molar-refractivity contribution in [3.05, 3.63) is 59.7 Å². The van der Waals surface area contributed by atoms with Crippen molar-refractivity contribution in [2.45, 2.75) is 37.5 Å². The van der Waals surface area contributed by atoms with Gasteiger partial charge in [0.05, 0.1) is 19.2 Å². The maximum Gasteiger partial charge on any atom is 0.161 e. The molecule has 3 nitrogen and oxygen atoms in total. The monoisotopic (exact) mass is 369 g/mol. The topological polar surface area (TPSA) is 30.5 Å². The summed E-state index contributed by atoms with van der Waals surface area (Å²) in [6, 6.07) is 16.7. The summed E-state index contributed by atoms with van der Waals surface area (Å²) in [6.45, 7) is 0.869.